The van der Waals surface area contributed by atoms with E-state index in [1.54, 1.807) is 12.1 Å². The third kappa shape index (κ3) is 7.58. The number of carbonyl (C=O) groups excluding carboxylic acids is 1. The molecular formula is C24H28ClFN2O4. The van der Waals surface area contributed by atoms with E-state index in [1.807, 2.05) is 36.1 Å². The number of nitrogens with zero attached hydrogens (tertiary/aromatic N) is 2. The van der Waals surface area contributed by atoms with Gasteiger partial charge in [0.05, 0.1) is 5.71 Å². The molecule has 1 N–H and O–H groups in total. The van der Waals surface area contributed by atoms with Crippen LogP contribution in [-0.2, 0) is 20.9 Å². The van der Waals surface area contributed by atoms with E-state index in [0.717, 1.165) is 16.8 Å². The molecule has 2 atom stereocenters. The van der Waals surface area contributed by atoms with Crippen molar-refractivity contribution in [3.05, 3.63) is 70.5 Å². The minimum atomic E-state index is -0.852. The van der Waals surface area contributed by atoms with Crippen LogP contribution in [0.25, 0.3) is 0 Å². The Morgan fingerprint density at radius 1 is 1.28 bits per heavy atom. The molecule has 0 aromatic heterocycles. The third-order valence-electron chi connectivity index (χ3n) is 5.05. The molecule has 6 nitrogen and oxygen atoms in total. The lowest BCUT2D eigenvalue weighted by Crippen LogP contribution is -2.39. The Labute approximate surface area is 192 Å². The van der Waals surface area contributed by atoms with Crippen LogP contribution in [0.1, 0.15) is 37.3 Å². The second-order valence-corrected chi connectivity index (χ2v) is 8.32. The van der Waals surface area contributed by atoms with Gasteiger partial charge in [-0.25, -0.2) is 4.39 Å². The van der Waals surface area contributed by atoms with Crippen LogP contribution in [0.4, 0.5) is 4.39 Å². The predicted molar refractivity (Wildman–Crippen MR) is 121 cm³/mol. The summed E-state index contributed by atoms with van der Waals surface area (Å²) in [4.78, 5) is 19.2. The van der Waals surface area contributed by atoms with Crippen molar-refractivity contribution in [3.63, 3.8) is 0 Å². The highest BCUT2D eigenvalue weighted by Gasteiger charge is 2.26. The molecule has 32 heavy (non-hydrogen) atoms. The highest BCUT2D eigenvalue weighted by Crippen LogP contribution is 2.20. The number of hydrogen-bond acceptors (Lipinski definition) is 6. The summed E-state index contributed by atoms with van der Waals surface area (Å²) >= 11 is 5.96. The molecule has 0 radical (unpaired) electrons. The van der Waals surface area contributed by atoms with Crippen molar-refractivity contribution < 1.29 is 23.9 Å². The number of esters is 1. The van der Waals surface area contributed by atoms with Gasteiger partial charge < -0.3 is 14.7 Å². The summed E-state index contributed by atoms with van der Waals surface area (Å²) in [5.41, 5.74) is 2.69. The summed E-state index contributed by atoms with van der Waals surface area (Å²) in [5.74, 6) is -0.625. The van der Waals surface area contributed by atoms with Gasteiger partial charge in [-0.2, -0.15) is 0 Å². The first kappa shape index (κ1) is 24.2. The van der Waals surface area contributed by atoms with Crippen LogP contribution in [0.15, 0.2) is 53.7 Å². The summed E-state index contributed by atoms with van der Waals surface area (Å²) < 4.78 is 18.4. The van der Waals surface area contributed by atoms with Crippen LogP contribution in [-0.4, -0.2) is 53.6 Å². The molecule has 3 rings (SSSR count). The minimum Gasteiger partial charge on any atom is -0.463 e. The molecule has 0 amide bonds. The fraction of sp³-hybridized carbons (Fsp3) is 0.417. The van der Waals surface area contributed by atoms with Gasteiger partial charge in [-0.15, -0.1) is 0 Å². The van der Waals surface area contributed by atoms with Gasteiger partial charge in [0.1, 0.15) is 24.6 Å². The van der Waals surface area contributed by atoms with Gasteiger partial charge in [-0.05, 0) is 41.8 Å². The van der Waals surface area contributed by atoms with Gasteiger partial charge in [0.15, 0.2) is 0 Å². The highest BCUT2D eigenvalue weighted by molar-refractivity contribution is 6.30. The van der Waals surface area contributed by atoms with Crippen molar-refractivity contribution in [1.29, 1.82) is 0 Å². The third-order valence-corrected chi connectivity index (χ3v) is 5.30. The number of carbonyl (C=O) groups is 1. The number of aliphatic hydroxyl groups is 1. The summed E-state index contributed by atoms with van der Waals surface area (Å²) in [6.45, 7) is 3.07. The topological polar surface area (TPSA) is 71.4 Å². The maximum absolute atomic E-state index is 13.3. The van der Waals surface area contributed by atoms with Crippen LogP contribution in [0, 0.1) is 5.82 Å². The maximum Gasteiger partial charge on any atom is 0.305 e. The Kier molecular flexibility index (Phi) is 9.02. The molecule has 1 aliphatic rings. The Morgan fingerprint density at radius 2 is 2.00 bits per heavy atom. The van der Waals surface area contributed by atoms with Gasteiger partial charge >= 0.3 is 5.97 Å². The molecule has 1 aliphatic heterocycles. The molecule has 2 aromatic carbocycles. The highest BCUT2D eigenvalue weighted by atomic mass is 35.5. The van der Waals surface area contributed by atoms with Crippen LogP contribution in [0.5, 0.6) is 0 Å². The van der Waals surface area contributed by atoms with Crippen LogP contribution >= 0.6 is 11.6 Å². The van der Waals surface area contributed by atoms with Gasteiger partial charge in [0.2, 0.25) is 0 Å². The molecule has 0 unspecified atom stereocenters. The second-order valence-electron chi connectivity index (χ2n) is 7.88. The number of aliphatic hydroxyl groups excluding tert-OH is 1. The average Bonchev–Trinajstić information content (AvgIpc) is 3.23. The second kappa shape index (κ2) is 11.9. The zero-order valence-corrected chi connectivity index (χ0v) is 18.8. The first-order valence-electron chi connectivity index (χ1n) is 10.7. The lowest BCUT2D eigenvalue weighted by atomic mass is 10.0. The number of hydrogen-bond donors (Lipinski definition) is 1. The average molecular weight is 463 g/mol. The molecule has 0 bridgehead atoms. The van der Waals surface area contributed by atoms with E-state index >= 15 is 0 Å². The smallest absolute Gasteiger partial charge is 0.305 e. The van der Waals surface area contributed by atoms with Crippen molar-refractivity contribution in [2.24, 2.45) is 5.16 Å². The number of benzene rings is 2. The lowest BCUT2D eigenvalue weighted by molar-refractivity contribution is -0.147. The maximum atomic E-state index is 13.3. The van der Waals surface area contributed by atoms with Crippen molar-refractivity contribution in [3.8, 4) is 0 Å². The van der Waals surface area contributed by atoms with E-state index in [-0.39, 0.29) is 31.0 Å². The summed E-state index contributed by atoms with van der Waals surface area (Å²) in [5, 5.41) is 15.3. The fourth-order valence-corrected chi connectivity index (χ4v) is 3.62. The van der Waals surface area contributed by atoms with Gasteiger partial charge in [0, 0.05) is 37.5 Å². The molecule has 0 spiro atoms. The summed E-state index contributed by atoms with van der Waals surface area (Å²) in [6, 6.07) is 13.7. The predicted octanol–water partition coefficient (Wildman–Crippen LogP) is 4.18. The molecule has 2 aromatic rings. The van der Waals surface area contributed by atoms with Crippen molar-refractivity contribution in [2.45, 2.75) is 44.9 Å². The zero-order valence-electron chi connectivity index (χ0n) is 18.0. The normalized spacial score (nSPS) is 16.5. The largest absolute Gasteiger partial charge is 0.463 e. The van der Waals surface area contributed by atoms with Crippen molar-refractivity contribution in [1.82, 2.24) is 4.90 Å². The number of rotatable bonds is 11. The van der Waals surface area contributed by atoms with Crippen LogP contribution in [0.2, 0.25) is 5.02 Å². The van der Waals surface area contributed by atoms with Crippen molar-refractivity contribution in [2.75, 3.05) is 19.7 Å². The molecule has 0 fully saturated rings. The van der Waals surface area contributed by atoms with E-state index in [2.05, 4.69) is 5.16 Å². The van der Waals surface area contributed by atoms with Crippen LogP contribution < -0.4 is 0 Å². The molecule has 8 heteroatoms. The Balaban J connectivity index is 1.59. The summed E-state index contributed by atoms with van der Waals surface area (Å²) in [6.07, 6.45) is 0.585. The van der Waals surface area contributed by atoms with E-state index in [9.17, 15) is 14.3 Å². The molecule has 0 saturated heterocycles. The molecule has 172 valence electrons. The fourth-order valence-electron chi connectivity index (χ4n) is 3.49. The quantitative estimate of drug-likeness (QED) is 0.507. The molecule has 0 saturated carbocycles. The van der Waals surface area contributed by atoms with Gasteiger partial charge in [-0.1, -0.05) is 47.9 Å². The molecule has 1 heterocycles. The first-order chi connectivity index (χ1) is 15.4. The lowest BCUT2D eigenvalue weighted by Gasteiger charge is -2.27. The van der Waals surface area contributed by atoms with Gasteiger partial charge in [0.25, 0.3) is 0 Å². The first-order valence-corrected chi connectivity index (χ1v) is 11.1. The van der Waals surface area contributed by atoms with Gasteiger partial charge in [-0.3, -0.25) is 9.69 Å². The minimum absolute atomic E-state index is 0.0726. The standard InChI is InChI=1S/C24H28ClFN2O4/c1-2-3-24(30)31-16-21(29)14-28(13-17-4-10-20(26)11-5-17)15-22-12-23(27-32-22)18-6-8-19(25)9-7-18/h4-11,21-22,29H,2-3,12-16H2,1H3/t21-,22+/m1/s1. The zero-order chi connectivity index (χ0) is 22.9. The monoisotopic (exact) mass is 462 g/mol. The molecular weight excluding hydrogens is 435 g/mol. The Morgan fingerprint density at radius 3 is 2.69 bits per heavy atom. The Bertz CT molecular complexity index is 905. The SMILES string of the molecule is CCCC(=O)OC[C@H](O)CN(Cc1ccc(F)cc1)C[C@@H]1CC(c2ccc(Cl)cc2)=NO1. The van der Waals surface area contributed by atoms with E-state index in [0.29, 0.717) is 37.4 Å². The van der Waals surface area contributed by atoms with E-state index in [4.69, 9.17) is 21.2 Å². The van der Waals surface area contributed by atoms with E-state index < -0.39 is 6.10 Å². The Hall–Kier alpha value is -2.48. The number of ether oxygens (including phenoxy) is 1. The van der Waals surface area contributed by atoms with E-state index in [1.165, 1.54) is 12.1 Å². The molecule has 0 aliphatic carbocycles. The summed E-state index contributed by atoms with van der Waals surface area (Å²) in [7, 11) is 0. The van der Waals surface area contributed by atoms with Crippen molar-refractivity contribution >= 4 is 23.3 Å². The van der Waals surface area contributed by atoms with Crippen LogP contribution in [0.3, 0.4) is 0 Å². The number of oxime groups is 1. The number of halogens is 2.